The number of halogens is 1. The van der Waals surface area contributed by atoms with Crippen LogP contribution in [0.15, 0.2) is 48.5 Å². The third kappa shape index (κ3) is 3.82. The summed E-state index contributed by atoms with van der Waals surface area (Å²) in [6, 6.07) is 16.2. The van der Waals surface area contributed by atoms with Crippen LogP contribution < -0.4 is 5.73 Å². The molecule has 1 atom stereocenters. The average Bonchev–Trinajstić information content (AvgIpc) is 2.38. The summed E-state index contributed by atoms with van der Waals surface area (Å²) in [5.74, 6) is 0.674. The lowest BCUT2D eigenvalue weighted by atomic mass is 9.96. The predicted molar refractivity (Wildman–Crippen MR) is 82.5 cm³/mol. The first kappa shape index (κ1) is 14.1. The number of hydrogen-bond acceptors (Lipinski definition) is 1. The molecular formula is C17H20ClN. The molecule has 0 saturated carbocycles. The third-order valence-electron chi connectivity index (χ3n) is 3.19. The Morgan fingerprint density at radius 1 is 1.00 bits per heavy atom. The van der Waals surface area contributed by atoms with Crippen LogP contribution in [0.1, 0.15) is 36.6 Å². The Labute approximate surface area is 120 Å². The van der Waals surface area contributed by atoms with Gasteiger partial charge in [-0.25, -0.2) is 0 Å². The molecule has 0 saturated heterocycles. The van der Waals surface area contributed by atoms with E-state index in [-0.39, 0.29) is 6.04 Å². The molecule has 2 N–H and O–H groups in total. The van der Waals surface area contributed by atoms with Crippen LogP contribution in [-0.2, 0) is 6.42 Å². The molecule has 0 fully saturated rings. The lowest BCUT2D eigenvalue weighted by Gasteiger charge is -2.14. The van der Waals surface area contributed by atoms with Crippen molar-refractivity contribution in [3.05, 3.63) is 70.2 Å². The Morgan fingerprint density at radius 3 is 2.26 bits per heavy atom. The van der Waals surface area contributed by atoms with Gasteiger partial charge in [0.15, 0.2) is 0 Å². The van der Waals surface area contributed by atoms with E-state index in [0.29, 0.717) is 5.92 Å². The van der Waals surface area contributed by atoms with Crippen molar-refractivity contribution in [3.8, 4) is 0 Å². The van der Waals surface area contributed by atoms with Crippen molar-refractivity contribution in [2.45, 2.75) is 26.3 Å². The molecule has 2 rings (SSSR count). The molecule has 0 radical (unpaired) electrons. The van der Waals surface area contributed by atoms with Gasteiger partial charge in [0, 0.05) is 5.02 Å². The van der Waals surface area contributed by atoms with Crippen LogP contribution in [0.5, 0.6) is 0 Å². The molecule has 2 aromatic rings. The van der Waals surface area contributed by atoms with Crippen molar-refractivity contribution in [3.63, 3.8) is 0 Å². The van der Waals surface area contributed by atoms with Gasteiger partial charge >= 0.3 is 0 Å². The lowest BCUT2D eigenvalue weighted by Crippen LogP contribution is -2.11. The standard InChI is InChI=1S/C17H20ClN/c1-12(2)10-13-6-8-14(9-7-13)17(19)15-4-3-5-16(18)11-15/h3-9,11-12,17H,10,19H2,1-2H3. The summed E-state index contributed by atoms with van der Waals surface area (Å²) in [5, 5.41) is 0.726. The predicted octanol–water partition coefficient (Wildman–Crippen LogP) is 4.59. The fraction of sp³-hybridized carbons (Fsp3) is 0.294. The van der Waals surface area contributed by atoms with Gasteiger partial charge in [0.25, 0.3) is 0 Å². The third-order valence-corrected chi connectivity index (χ3v) is 3.43. The van der Waals surface area contributed by atoms with Crippen molar-refractivity contribution in [2.75, 3.05) is 0 Å². The van der Waals surface area contributed by atoms with Crippen molar-refractivity contribution in [1.29, 1.82) is 0 Å². The van der Waals surface area contributed by atoms with Crippen molar-refractivity contribution >= 4 is 11.6 Å². The van der Waals surface area contributed by atoms with Crippen LogP contribution in [0.25, 0.3) is 0 Å². The van der Waals surface area contributed by atoms with Gasteiger partial charge in [-0.15, -0.1) is 0 Å². The second-order valence-corrected chi connectivity index (χ2v) is 5.81. The number of benzene rings is 2. The second kappa shape index (κ2) is 6.23. The van der Waals surface area contributed by atoms with Crippen molar-refractivity contribution in [2.24, 2.45) is 11.7 Å². The van der Waals surface area contributed by atoms with Crippen LogP contribution in [0.4, 0.5) is 0 Å². The Balaban J connectivity index is 2.17. The molecule has 1 unspecified atom stereocenters. The van der Waals surface area contributed by atoms with E-state index in [4.69, 9.17) is 17.3 Å². The van der Waals surface area contributed by atoms with Gasteiger partial charge < -0.3 is 5.73 Å². The fourth-order valence-electron chi connectivity index (χ4n) is 2.22. The Hall–Kier alpha value is -1.31. The van der Waals surface area contributed by atoms with E-state index < -0.39 is 0 Å². The Bertz CT molecular complexity index is 531. The van der Waals surface area contributed by atoms with Gasteiger partial charge in [0.1, 0.15) is 0 Å². The number of nitrogens with two attached hydrogens (primary N) is 1. The molecule has 0 aliphatic heterocycles. The zero-order chi connectivity index (χ0) is 13.8. The maximum atomic E-state index is 6.28. The monoisotopic (exact) mass is 273 g/mol. The second-order valence-electron chi connectivity index (χ2n) is 5.37. The molecule has 0 bridgehead atoms. The summed E-state index contributed by atoms with van der Waals surface area (Å²) >= 11 is 6.00. The summed E-state index contributed by atoms with van der Waals surface area (Å²) in [4.78, 5) is 0. The van der Waals surface area contributed by atoms with Crippen LogP contribution >= 0.6 is 11.6 Å². The van der Waals surface area contributed by atoms with E-state index in [1.807, 2.05) is 24.3 Å². The first-order valence-electron chi connectivity index (χ1n) is 6.66. The first-order valence-corrected chi connectivity index (χ1v) is 7.04. The maximum Gasteiger partial charge on any atom is 0.0552 e. The number of hydrogen-bond donors (Lipinski definition) is 1. The Kier molecular flexibility index (Phi) is 4.62. The van der Waals surface area contributed by atoms with Gasteiger partial charge in [0.2, 0.25) is 0 Å². The van der Waals surface area contributed by atoms with Gasteiger partial charge in [-0.05, 0) is 41.2 Å². The molecule has 0 heterocycles. The maximum absolute atomic E-state index is 6.28. The molecule has 2 heteroatoms. The van der Waals surface area contributed by atoms with E-state index >= 15 is 0 Å². The van der Waals surface area contributed by atoms with Crippen molar-refractivity contribution in [1.82, 2.24) is 0 Å². The molecule has 19 heavy (non-hydrogen) atoms. The van der Waals surface area contributed by atoms with Crippen molar-refractivity contribution < 1.29 is 0 Å². The van der Waals surface area contributed by atoms with Crippen LogP contribution in [0, 0.1) is 5.92 Å². The molecule has 0 aromatic heterocycles. The van der Waals surface area contributed by atoms with Crippen LogP contribution in [-0.4, -0.2) is 0 Å². The van der Waals surface area contributed by atoms with E-state index in [2.05, 4.69) is 38.1 Å². The average molecular weight is 274 g/mol. The number of rotatable bonds is 4. The molecule has 1 nitrogen and oxygen atoms in total. The minimum atomic E-state index is -0.119. The van der Waals surface area contributed by atoms with Crippen LogP contribution in [0.3, 0.4) is 0 Å². The molecule has 0 amide bonds. The summed E-state index contributed by atoms with van der Waals surface area (Å²) < 4.78 is 0. The molecule has 100 valence electrons. The summed E-state index contributed by atoms with van der Waals surface area (Å²) in [6.07, 6.45) is 1.10. The largest absolute Gasteiger partial charge is 0.320 e. The minimum absolute atomic E-state index is 0.119. The van der Waals surface area contributed by atoms with Gasteiger partial charge in [0.05, 0.1) is 6.04 Å². The van der Waals surface area contributed by atoms with E-state index in [1.165, 1.54) is 5.56 Å². The fourth-order valence-corrected chi connectivity index (χ4v) is 2.42. The lowest BCUT2D eigenvalue weighted by molar-refractivity contribution is 0.647. The Morgan fingerprint density at radius 2 is 1.68 bits per heavy atom. The van der Waals surface area contributed by atoms with Gasteiger partial charge in [-0.2, -0.15) is 0 Å². The zero-order valence-electron chi connectivity index (χ0n) is 11.4. The highest BCUT2D eigenvalue weighted by molar-refractivity contribution is 6.30. The van der Waals surface area contributed by atoms with Gasteiger partial charge in [-0.3, -0.25) is 0 Å². The van der Waals surface area contributed by atoms with E-state index in [0.717, 1.165) is 22.6 Å². The molecular weight excluding hydrogens is 254 g/mol. The highest BCUT2D eigenvalue weighted by atomic mass is 35.5. The molecule has 0 aliphatic carbocycles. The first-order chi connectivity index (χ1) is 9.06. The highest BCUT2D eigenvalue weighted by Crippen LogP contribution is 2.23. The quantitative estimate of drug-likeness (QED) is 0.866. The smallest absolute Gasteiger partial charge is 0.0552 e. The normalized spacial score (nSPS) is 12.7. The summed E-state index contributed by atoms with van der Waals surface area (Å²) in [7, 11) is 0. The van der Waals surface area contributed by atoms with E-state index in [9.17, 15) is 0 Å². The highest BCUT2D eigenvalue weighted by Gasteiger charge is 2.09. The van der Waals surface area contributed by atoms with E-state index in [1.54, 1.807) is 0 Å². The minimum Gasteiger partial charge on any atom is -0.320 e. The SMILES string of the molecule is CC(C)Cc1ccc(C(N)c2cccc(Cl)c2)cc1. The van der Waals surface area contributed by atoms with Gasteiger partial charge in [-0.1, -0.05) is 61.8 Å². The summed E-state index contributed by atoms with van der Waals surface area (Å²) in [5.41, 5.74) is 9.80. The molecule has 0 aliphatic rings. The van der Waals surface area contributed by atoms with Crippen LogP contribution in [0.2, 0.25) is 5.02 Å². The summed E-state index contributed by atoms with van der Waals surface area (Å²) in [6.45, 7) is 4.46. The molecule has 0 spiro atoms. The topological polar surface area (TPSA) is 26.0 Å². The molecule has 2 aromatic carbocycles. The zero-order valence-corrected chi connectivity index (χ0v) is 12.2.